The number of pyridine rings is 1. The third kappa shape index (κ3) is 3.62. The number of unbranched alkanes of at least 4 members (excludes halogenated alkanes) is 1. The smallest absolute Gasteiger partial charge is 0.269 e. The molecule has 124 valence electrons. The number of hydrogen-bond acceptors (Lipinski definition) is 3. The molecule has 0 saturated carbocycles. The summed E-state index contributed by atoms with van der Waals surface area (Å²) in [5, 5.41) is 2.92. The van der Waals surface area contributed by atoms with Crippen LogP contribution in [0.25, 0.3) is 11.0 Å². The molecular weight excluding hydrogens is 300 g/mol. The number of benzene rings is 1. The lowest BCUT2D eigenvalue weighted by Gasteiger charge is -2.09. The van der Waals surface area contributed by atoms with E-state index in [0.29, 0.717) is 18.7 Å². The molecule has 0 radical (unpaired) electrons. The Morgan fingerprint density at radius 3 is 2.79 bits per heavy atom. The number of imidazole rings is 1. The fourth-order valence-corrected chi connectivity index (χ4v) is 2.76. The molecule has 5 nitrogen and oxygen atoms in total. The monoisotopic (exact) mass is 322 g/mol. The standard InChI is InChI=1S/C19H22N4O/c1-2-3-14-23-17-10-5-4-8-15(17)22-18(23)11-13-21-19(24)16-9-6-7-12-20-16/h4-10,12H,2-3,11,13-14H2,1H3,(H,21,24). The fraction of sp³-hybridized carbons (Fsp3) is 0.316. The predicted molar refractivity (Wildman–Crippen MR) is 94.9 cm³/mol. The van der Waals surface area contributed by atoms with Crippen LogP contribution in [0.1, 0.15) is 36.1 Å². The zero-order valence-corrected chi connectivity index (χ0v) is 13.9. The van der Waals surface area contributed by atoms with E-state index in [9.17, 15) is 4.79 Å². The SMILES string of the molecule is CCCCn1c(CCNC(=O)c2ccccn2)nc2ccccc21. The van der Waals surface area contributed by atoms with Gasteiger partial charge in [-0.05, 0) is 30.7 Å². The van der Waals surface area contributed by atoms with Crippen molar-refractivity contribution in [2.75, 3.05) is 6.54 Å². The van der Waals surface area contributed by atoms with Crippen molar-refractivity contribution < 1.29 is 4.79 Å². The molecule has 3 aromatic rings. The van der Waals surface area contributed by atoms with Gasteiger partial charge < -0.3 is 9.88 Å². The van der Waals surface area contributed by atoms with Crippen molar-refractivity contribution in [1.82, 2.24) is 19.9 Å². The summed E-state index contributed by atoms with van der Waals surface area (Å²) >= 11 is 0. The first kappa shape index (κ1) is 16.2. The van der Waals surface area contributed by atoms with Gasteiger partial charge in [0, 0.05) is 25.7 Å². The van der Waals surface area contributed by atoms with Crippen LogP contribution in [-0.2, 0) is 13.0 Å². The quantitative estimate of drug-likeness (QED) is 0.726. The first-order chi connectivity index (χ1) is 11.8. The van der Waals surface area contributed by atoms with Gasteiger partial charge in [-0.2, -0.15) is 0 Å². The Labute approximate surface area is 141 Å². The number of nitrogens with one attached hydrogen (secondary N) is 1. The van der Waals surface area contributed by atoms with Crippen LogP contribution in [0.4, 0.5) is 0 Å². The highest BCUT2D eigenvalue weighted by Crippen LogP contribution is 2.17. The topological polar surface area (TPSA) is 59.8 Å². The lowest BCUT2D eigenvalue weighted by molar-refractivity contribution is 0.0949. The lowest BCUT2D eigenvalue weighted by atomic mass is 10.3. The minimum atomic E-state index is -0.146. The number of carbonyl (C=O) groups excluding carboxylic acids is 1. The Kier molecular flexibility index (Phi) is 5.21. The molecule has 0 fully saturated rings. The highest BCUT2D eigenvalue weighted by atomic mass is 16.1. The maximum Gasteiger partial charge on any atom is 0.269 e. The van der Waals surface area contributed by atoms with Crippen LogP contribution in [0.5, 0.6) is 0 Å². The van der Waals surface area contributed by atoms with E-state index in [-0.39, 0.29) is 5.91 Å². The number of amides is 1. The van der Waals surface area contributed by atoms with Gasteiger partial charge in [-0.15, -0.1) is 0 Å². The van der Waals surface area contributed by atoms with E-state index in [2.05, 4.69) is 27.9 Å². The van der Waals surface area contributed by atoms with E-state index < -0.39 is 0 Å². The Morgan fingerprint density at radius 2 is 2.00 bits per heavy atom. The first-order valence-electron chi connectivity index (χ1n) is 8.43. The molecule has 0 aliphatic rings. The van der Waals surface area contributed by atoms with Gasteiger partial charge in [0.1, 0.15) is 11.5 Å². The molecule has 5 heteroatoms. The third-order valence-corrected chi connectivity index (χ3v) is 4.00. The Balaban J connectivity index is 1.69. The summed E-state index contributed by atoms with van der Waals surface area (Å²) in [5.41, 5.74) is 2.62. The number of carbonyl (C=O) groups is 1. The van der Waals surface area contributed by atoms with Gasteiger partial charge in [0.15, 0.2) is 0 Å². The number of para-hydroxylation sites is 2. The third-order valence-electron chi connectivity index (χ3n) is 4.00. The summed E-state index contributed by atoms with van der Waals surface area (Å²) < 4.78 is 2.27. The van der Waals surface area contributed by atoms with E-state index in [4.69, 9.17) is 4.98 Å². The molecule has 3 rings (SSSR count). The number of nitrogens with zero attached hydrogens (tertiary/aromatic N) is 3. The van der Waals surface area contributed by atoms with Gasteiger partial charge in [-0.1, -0.05) is 31.5 Å². The number of fused-ring (bicyclic) bond motifs is 1. The van der Waals surface area contributed by atoms with Gasteiger partial charge in [0.25, 0.3) is 5.91 Å². The summed E-state index contributed by atoms with van der Waals surface area (Å²) in [6.45, 7) is 3.69. The number of rotatable bonds is 7. The molecule has 2 heterocycles. The van der Waals surface area contributed by atoms with Crippen molar-refractivity contribution in [3.05, 3.63) is 60.2 Å². The Hall–Kier alpha value is -2.69. The molecule has 0 aliphatic heterocycles. The van der Waals surface area contributed by atoms with E-state index in [1.165, 1.54) is 0 Å². The minimum Gasteiger partial charge on any atom is -0.350 e. The van der Waals surface area contributed by atoms with Crippen LogP contribution in [0, 0.1) is 0 Å². The van der Waals surface area contributed by atoms with Gasteiger partial charge >= 0.3 is 0 Å². The second-order valence-electron chi connectivity index (χ2n) is 5.74. The first-order valence-corrected chi connectivity index (χ1v) is 8.43. The van der Waals surface area contributed by atoms with Gasteiger partial charge in [-0.3, -0.25) is 9.78 Å². The molecule has 1 N–H and O–H groups in total. The van der Waals surface area contributed by atoms with Crippen LogP contribution in [0.2, 0.25) is 0 Å². The molecule has 0 unspecified atom stereocenters. The van der Waals surface area contributed by atoms with Gasteiger partial charge in [-0.25, -0.2) is 4.98 Å². The number of aryl methyl sites for hydroxylation is 1. The second kappa shape index (κ2) is 7.73. The van der Waals surface area contributed by atoms with Crippen LogP contribution < -0.4 is 5.32 Å². The number of hydrogen-bond donors (Lipinski definition) is 1. The van der Waals surface area contributed by atoms with Crippen molar-refractivity contribution in [3.63, 3.8) is 0 Å². The van der Waals surface area contributed by atoms with E-state index >= 15 is 0 Å². The Bertz CT molecular complexity index is 811. The molecule has 1 aromatic carbocycles. The van der Waals surface area contributed by atoms with Crippen molar-refractivity contribution in [3.8, 4) is 0 Å². The zero-order chi connectivity index (χ0) is 16.8. The molecule has 24 heavy (non-hydrogen) atoms. The second-order valence-corrected chi connectivity index (χ2v) is 5.74. The maximum absolute atomic E-state index is 12.1. The van der Waals surface area contributed by atoms with Gasteiger partial charge in [0.2, 0.25) is 0 Å². The molecule has 0 aliphatic carbocycles. The lowest BCUT2D eigenvalue weighted by Crippen LogP contribution is -2.27. The molecule has 0 atom stereocenters. The maximum atomic E-state index is 12.1. The van der Waals surface area contributed by atoms with Crippen LogP contribution in [0.3, 0.4) is 0 Å². The molecule has 2 aromatic heterocycles. The molecule has 0 saturated heterocycles. The van der Waals surface area contributed by atoms with Crippen LogP contribution in [0.15, 0.2) is 48.7 Å². The summed E-state index contributed by atoms with van der Waals surface area (Å²) in [5.74, 6) is 0.873. The van der Waals surface area contributed by atoms with E-state index in [1.54, 1.807) is 18.3 Å². The highest BCUT2D eigenvalue weighted by molar-refractivity contribution is 5.92. The van der Waals surface area contributed by atoms with Gasteiger partial charge in [0.05, 0.1) is 11.0 Å². The van der Waals surface area contributed by atoms with Crippen LogP contribution in [-0.4, -0.2) is 27.0 Å². The normalized spacial score (nSPS) is 10.9. The molecule has 0 spiro atoms. The fourth-order valence-electron chi connectivity index (χ4n) is 2.76. The molecule has 0 bridgehead atoms. The summed E-state index contributed by atoms with van der Waals surface area (Å²) in [6, 6.07) is 13.5. The highest BCUT2D eigenvalue weighted by Gasteiger charge is 2.11. The van der Waals surface area contributed by atoms with Crippen molar-refractivity contribution in [2.24, 2.45) is 0 Å². The summed E-state index contributed by atoms with van der Waals surface area (Å²) in [4.78, 5) is 20.9. The summed E-state index contributed by atoms with van der Waals surface area (Å²) in [7, 11) is 0. The van der Waals surface area contributed by atoms with Crippen molar-refractivity contribution in [1.29, 1.82) is 0 Å². The van der Waals surface area contributed by atoms with E-state index in [1.807, 2.05) is 24.3 Å². The zero-order valence-electron chi connectivity index (χ0n) is 13.9. The number of aromatic nitrogens is 3. The average molecular weight is 322 g/mol. The predicted octanol–water partition coefficient (Wildman–Crippen LogP) is 3.20. The average Bonchev–Trinajstić information content (AvgIpc) is 2.98. The largest absolute Gasteiger partial charge is 0.350 e. The minimum absolute atomic E-state index is 0.146. The van der Waals surface area contributed by atoms with Crippen molar-refractivity contribution >= 4 is 16.9 Å². The van der Waals surface area contributed by atoms with Crippen molar-refractivity contribution in [2.45, 2.75) is 32.7 Å². The van der Waals surface area contributed by atoms with E-state index in [0.717, 1.165) is 36.2 Å². The molecular formula is C19H22N4O. The summed E-state index contributed by atoms with van der Waals surface area (Å²) in [6.07, 6.45) is 4.59. The molecule has 1 amide bonds. The Morgan fingerprint density at radius 1 is 1.17 bits per heavy atom. The van der Waals surface area contributed by atoms with Crippen LogP contribution >= 0.6 is 0 Å².